The van der Waals surface area contributed by atoms with Crippen LogP contribution in [0.25, 0.3) is 11.1 Å². The summed E-state index contributed by atoms with van der Waals surface area (Å²) >= 11 is 0. The summed E-state index contributed by atoms with van der Waals surface area (Å²) in [5.41, 5.74) is 5.79. The van der Waals surface area contributed by atoms with Gasteiger partial charge < -0.3 is 16.0 Å². The van der Waals surface area contributed by atoms with Gasteiger partial charge >= 0.3 is 0 Å². The molecular weight excluding hydrogens is 384 g/mol. The fraction of sp³-hybridized carbons (Fsp3) is 0.0769. The second-order valence-corrected chi connectivity index (χ2v) is 7.15. The molecular formula is C26H24N4O. The first-order chi connectivity index (χ1) is 15.3. The van der Waals surface area contributed by atoms with Crippen molar-refractivity contribution in [3.63, 3.8) is 0 Å². The van der Waals surface area contributed by atoms with Crippen molar-refractivity contribution < 1.29 is 4.79 Å². The Bertz CT molecular complexity index is 1130. The third kappa shape index (κ3) is 5.93. The van der Waals surface area contributed by atoms with Crippen molar-refractivity contribution in [3.05, 3.63) is 109 Å². The minimum Gasteiger partial charge on any atom is -0.380 e. The number of rotatable bonds is 8. The minimum atomic E-state index is -0.0996. The molecule has 0 aliphatic carbocycles. The van der Waals surface area contributed by atoms with E-state index < -0.39 is 0 Å². The number of nitrogens with zero attached hydrogens (tertiary/aromatic N) is 1. The number of nitrogens with one attached hydrogen (secondary N) is 3. The van der Waals surface area contributed by atoms with Crippen LogP contribution in [0.4, 0.5) is 17.1 Å². The van der Waals surface area contributed by atoms with Crippen molar-refractivity contribution in [3.8, 4) is 11.1 Å². The van der Waals surface area contributed by atoms with Crippen LogP contribution in [0, 0.1) is 0 Å². The molecule has 0 atom stereocenters. The van der Waals surface area contributed by atoms with E-state index in [1.54, 1.807) is 0 Å². The van der Waals surface area contributed by atoms with Crippen LogP contribution in [0.3, 0.4) is 0 Å². The summed E-state index contributed by atoms with van der Waals surface area (Å²) in [4.78, 5) is 16.7. The monoisotopic (exact) mass is 408 g/mol. The molecule has 0 aliphatic rings. The van der Waals surface area contributed by atoms with Crippen LogP contribution >= 0.6 is 0 Å². The predicted octanol–water partition coefficient (Wildman–Crippen LogP) is 5.41. The number of hydrogen-bond acceptors (Lipinski definition) is 4. The summed E-state index contributed by atoms with van der Waals surface area (Å²) in [7, 11) is 0. The van der Waals surface area contributed by atoms with Gasteiger partial charge in [-0.3, -0.25) is 9.78 Å². The zero-order valence-electron chi connectivity index (χ0n) is 17.1. The van der Waals surface area contributed by atoms with Gasteiger partial charge in [0.2, 0.25) is 5.91 Å². The molecule has 0 aliphatic heterocycles. The minimum absolute atomic E-state index is 0.0996. The standard InChI is InChI=1S/C26H24N4O/c31-26(19-29-23-11-5-2-6-12-23)30-24-13-7-10-21(14-24)22-15-25(18-27-17-22)28-16-20-8-3-1-4-9-20/h1-15,17-18,28-29H,16,19H2,(H,30,31). The summed E-state index contributed by atoms with van der Waals surface area (Å²) in [6, 6.07) is 29.7. The van der Waals surface area contributed by atoms with Gasteiger partial charge in [0.05, 0.1) is 12.2 Å². The summed E-state index contributed by atoms with van der Waals surface area (Å²) in [6.45, 7) is 0.936. The Kier molecular flexibility index (Phi) is 6.55. The van der Waals surface area contributed by atoms with Crippen LogP contribution in [0.5, 0.6) is 0 Å². The number of carbonyl (C=O) groups is 1. The molecule has 4 rings (SSSR count). The second kappa shape index (κ2) is 10.1. The quantitative estimate of drug-likeness (QED) is 0.365. The average molecular weight is 409 g/mol. The topological polar surface area (TPSA) is 66.0 Å². The number of amides is 1. The van der Waals surface area contributed by atoms with Crippen molar-refractivity contribution in [1.82, 2.24) is 4.98 Å². The van der Waals surface area contributed by atoms with Crippen molar-refractivity contribution in [1.29, 1.82) is 0 Å². The molecule has 4 aromatic rings. The lowest BCUT2D eigenvalue weighted by Gasteiger charge is -2.11. The zero-order valence-corrected chi connectivity index (χ0v) is 17.1. The lowest BCUT2D eigenvalue weighted by Crippen LogP contribution is -2.21. The Labute approximate surface area is 182 Å². The van der Waals surface area contributed by atoms with Crippen molar-refractivity contribution >= 4 is 23.0 Å². The van der Waals surface area contributed by atoms with E-state index in [1.165, 1.54) is 5.56 Å². The highest BCUT2D eigenvalue weighted by atomic mass is 16.1. The molecule has 1 aromatic heterocycles. The van der Waals surface area contributed by atoms with Crippen LogP contribution in [0.1, 0.15) is 5.56 Å². The number of carbonyl (C=O) groups excluding carboxylic acids is 1. The predicted molar refractivity (Wildman–Crippen MR) is 127 cm³/mol. The highest BCUT2D eigenvalue weighted by Gasteiger charge is 2.05. The lowest BCUT2D eigenvalue weighted by atomic mass is 10.1. The molecule has 1 amide bonds. The molecule has 0 bridgehead atoms. The highest BCUT2D eigenvalue weighted by Crippen LogP contribution is 2.24. The number of aromatic nitrogens is 1. The van der Waals surface area contributed by atoms with Crippen LogP contribution in [-0.4, -0.2) is 17.4 Å². The number of hydrogen-bond donors (Lipinski definition) is 3. The first-order valence-electron chi connectivity index (χ1n) is 10.2. The Hall–Kier alpha value is -4.12. The van der Waals surface area contributed by atoms with E-state index in [2.05, 4.69) is 39.1 Å². The van der Waals surface area contributed by atoms with Gasteiger partial charge in [-0.2, -0.15) is 0 Å². The van der Waals surface area contributed by atoms with Gasteiger partial charge in [-0.1, -0.05) is 60.7 Å². The molecule has 3 aromatic carbocycles. The van der Waals surface area contributed by atoms with E-state index in [9.17, 15) is 4.79 Å². The molecule has 0 radical (unpaired) electrons. The molecule has 5 heteroatoms. The molecule has 0 unspecified atom stereocenters. The molecule has 31 heavy (non-hydrogen) atoms. The van der Waals surface area contributed by atoms with Crippen LogP contribution in [0.2, 0.25) is 0 Å². The largest absolute Gasteiger partial charge is 0.380 e. The summed E-state index contributed by atoms with van der Waals surface area (Å²) < 4.78 is 0. The number of anilines is 3. The average Bonchev–Trinajstić information content (AvgIpc) is 2.83. The van der Waals surface area contributed by atoms with Crippen molar-refractivity contribution in [2.75, 3.05) is 22.5 Å². The fourth-order valence-electron chi connectivity index (χ4n) is 3.21. The first-order valence-corrected chi connectivity index (χ1v) is 10.2. The van der Waals surface area contributed by atoms with Crippen molar-refractivity contribution in [2.24, 2.45) is 0 Å². The van der Waals surface area contributed by atoms with Gasteiger partial charge in [0.1, 0.15) is 0 Å². The Balaban J connectivity index is 1.39. The maximum absolute atomic E-state index is 12.3. The normalized spacial score (nSPS) is 10.3. The lowest BCUT2D eigenvalue weighted by molar-refractivity contribution is -0.114. The molecule has 0 saturated carbocycles. The first kappa shape index (κ1) is 20.2. The SMILES string of the molecule is O=C(CNc1ccccc1)Nc1cccc(-c2cncc(NCc3ccccc3)c2)c1. The second-order valence-electron chi connectivity index (χ2n) is 7.15. The molecule has 5 nitrogen and oxygen atoms in total. The fourth-order valence-corrected chi connectivity index (χ4v) is 3.21. The van der Waals surface area contributed by atoms with Crippen LogP contribution in [-0.2, 0) is 11.3 Å². The number of pyridine rings is 1. The Morgan fingerprint density at radius 2 is 1.39 bits per heavy atom. The van der Waals surface area contributed by atoms with Gasteiger partial charge in [0, 0.05) is 35.9 Å². The number of para-hydroxylation sites is 1. The van der Waals surface area contributed by atoms with Gasteiger partial charge in [-0.05, 0) is 41.5 Å². The number of benzene rings is 3. The third-order valence-electron chi connectivity index (χ3n) is 4.78. The molecule has 0 fully saturated rings. The van der Waals surface area contributed by atoms with Gasteiger partial charge in [-0.25, -0.2) is 0 Å². The molecule has 0 saturated heterocycles. The zero-order chi connectivity index (χ0) is 21.3. The van der Waals surface area contributed by atoms with E-state index in [-0.39, 0.29) is 12.5 Å². The highest BCUT2D eigenvalue weighted by molar-refractivity contribution is 5.94. The maximum Gasteiger partial charge on any atom is 0.243 e. The van der Waals surface area contributed by atoms with Gasteiger partial charge in [0.15, 0.2) is 0 Å². The van der Waals surface area contributed by atoms with E-state index in [1.807, 2.05) is 85.2 Å². The third-order valence-corrected chi connectivity index (χ3v) is 4.78. The van der Waals surface area contributed by atoms with Crippen LogP contribution in [0.15, 0.2) is 103 Å². The Morgan fingerprint density at radius 1 is 0.677 bits per heavy atom. The van der Waals surface area contributed by atoms with Crippen LogP contribution < -0.4 is 16.0 Å². The van der Waals surface area contributed by atoms with Gasteiger partial charge in [0.25, 0.3) is 0 Å². The Morgan fingerprint density at radius 3 is 2.19 bits per heavy atom. The maximum atomic E-state index is 12.3. The molecule has 154 valence electrons. The van der Waals surface area contributed by atoms with E-state index in [4.69, 9.17) is 0 Å². The van der Waals surface area contributed by atoms with Gasteiger partial charge in [-0.15, -0.1) is 0 Å². The van der Waals surface area contributed by atoms with Crippen molar-refractivity contribution in [2.45, 2.75) is 6.54 Å². The summed E-state index contributed by atoms with van der Waals surface area (Å²) in [5.74, 6) is -0.0996. The van der Waals surface area contributed by atoms with E-state index in [0.29, 0.717) is 0 Å². The molecule has 0 spiro atoms. The van der Waals surface area contributed by atoms with E-state index in [0.717, 1.165) is 34.7 Å². The molecule has 3 N–H and O–H groups in total. The van der Waals surface area contributed by atoms with E-state index >= 15 is 0 Å². The smallest absolute Gasteiger partial charge is 0.243 e. The summed E-state index contributed by atoms with van der Waals surface area (Å²) in [6.07, 6.45) is 3.64. The molecule has 1 heterocycles. The summed E-state index contributed by atoms with van der Waals surface area (Å²) in [5, 5.41) is 9.47.